The van der Waals surface area contributed by atoms with Gasteiger partial charge in [-0.25, -0.2) is 9.59 Å². The van der Waals surface area contributed by atoms with Crippen LogP contribution in [0.3, 0.4) is 0 Å². The first-order valence-corrected chi connectivity index (χ1v) is 9.68. The van der Waals surface area contributed by atoms with Crippen LogP contribution in [-0.2, 0) is 27.2 Å². The van der Waals surface area contributed by atoms with E-state index in [0.717, 1.165) is 48.6 Å². The van der Waals surface area contributed by atoms with Gasteiger partial charge in [0.05, 0.1) is 0 Å². The number of carbonyl (C=O) groups is 2. The van der Waals surface area contributed by atoms with Crippen LogP contribution in [0.15, 0.2) is 27.4 Å². The fraction of sp³-hybridized carbons (Fsp3) is 0.476. The molecule has 1 aliphatic carbocycles. The Morgan fingerprint density at radius 1 is 1.14 bits per heavy atom. The number of ether oxygens (including phenoxy) is 2. The lowest BCUT2D eigenvalue weighted by molar-refractivity contribution is -0.150. The molecule has 0 aliphatic heterocycles. The van der Waals surface area contributed by atoms with Gasteiger partial charge in [0.1, 0.15) is 11.3 Å². The molecule has 1 heterocycles. The summed E-state index contributed by atoms with van der Waals surface area (Å²) in [6.45, 7) is 3.29. The van der Waals surface area contributed by atoms with Crippen molar-refractivity contribution in [2.24, 2.45) is 0 Å². The Morgan fingerprint density at radius 2 is 1.89 bits per heavy atom. The third-order valence-electron chi connectivity index (χ3n) is 5.02. The Hall–Kier alpha value is -2.83. The maximum absolute atomic E-state index is 12.1. The molecule has 0 fully saturated rings. The van der Waals surface area contributed by atoms with Gasteiger partial charge >= 0.3 is 11.6 Å². The minimum absolute atomic E-state index is 0.0798. The van der Waals surface area contributed by atoms with E-state index in [0.29, 0.717) is 11.3 Å². The van der Waals surface area contributed by atoms with Gasteiger partial charge in [0.2, 0.25) is 0 Å². The fourth-order valence-electron chi connectivity index (χ4n) is 3.45. The first-order chi connectivity index (χ1) is 13.5. The number of hydrogen-bond donors (Lipinski definition) is 1. The van der Waals surface area contributed by atoms with Gasteiger partial charge in [-0.05, 0) is 49.8 Å². The van der Waals surface area contributed by atoms with Crippen LogP contribution < -0.4 is 15.7 Å². The second-order valence-electron chi connectivity index (χ2n) is 6.89. The zero-order valence-electron chi connectivity index (χ0n) is 16.2. The maximum atomic E-state index is 12.1. The van der Waals surface area contributed by atoms with E-state index in [1.165, 1.54) is 0 Å². The number of hydrogen-bond acceptors (Lipinski definition) is 6. The molecule has 1 amide bonds. The molecule has 1 aromatic heterocycles. The topological polar surface area (TPSA) is 94.8 Å². The number of carbonyl (C=O) groups excluding carboxylic acids is 2. The zero-order chi connectivity index (χ0) is 20.1. The van der Waals surface area contributed by atoms with E-state index in [1.54, 1.807) is 12.1 Å². The van der Waals surface area contributed by atoms with Crippen LogP contribution in [0.1, 0.15) is 44.2 Å². The first-order valence-electron chi connectivity index (χ1n) is 9.68. The molecule has 0 atom stereocenters. The molecule has 1 aliphatic rings. The van der Waals surface area contributed by atoms with E-state index in [1.807, 2.05) is 19.9 Å². The van der Waals surface area contributed by atoms with Crippen molar-refractivity contribution in [2.75, 3.05) is 13.2 Å². The standard InChI is InChI=1S/C21H25NO6/c1-3-13(4-2)22-19(23)11-27-20(24)12-26-14-8-9-16-15-6-5-7-17(15)21(25)28-18(16)10-14/h8-10,13H,3-7,11-12H2,1-2H3,(H,22,23). The van der Waals surface area contributed by atoms with Crippen molar-refractivity contribution in [3.63, 3.8) is 0 Å². The fourth-order valence-corrected chi connectivity index (χ4v) is 3.45. The highest BCUT2D eigenvalue weighted by molar-refractivity contribution is 5.83. The van der Waals surface area contributed by atoms with Gasteiger partial charge in [-0.2, -0.15) is 0 Å². The molecular weight excluding hydrogens is 362 g/mol. The molecule has 28 heavy (non-hydrogen) atoms. The Morgan fingerprint density at radius 3 is 2.64 bits per heavy atom. The summed E-state index contributed by atoms with van der Waals surface area (Å²) in [5.41, 5.74) is 1.94. The van der Waals surface area contributed by atoms with Gasteiger partial charge in [-0.3, -0.25) is 4.79 Å². The lowest BCUT2D eigenvalue weighted by Gasteiger charge is -2.14. The predicted molar refractivity (Wildman–Crippen MR) is 103 cm³/mol. The van der Waals surface area contributed by atoms with E-state index in [-0.39, 0.29) is 30.8 Å². The summed E-state index contributed by atoms with van der Waals surface area (Å²) in [6, 6.07) is 5.25. The second kappa shape index (κ2) is 8.91. The number of rotatable bonds is 8. The summed E-state index contributed by atoms with van der Waals surface area (Å²) in [5.74, 6) is -0.578. The van der Waals surface area contributed by atoms with Crippen molar-refractivity contribution in [2.45, 2.75) is 52.0 Å². The third-order valence-corrected chi connectivity index (χ3v) is 5.02. The van der Waals surface area contributed by atoms with Crippen LogP contribution >= 0.6 is 0 Å². The minimum atomic E-state index is -0.643. The maximum Gasteiger partial charge on any atom is 0.344 e. The molecule has 7 nitrogen and oxygen atoms in total. The summed E-state index contributed by atoms with van der Waals surface area (Å²) in [6.07, 6.45) is 4.21. The van der Waals surface area contributed by atoms with Gasteiger partial charge in [-0.15, -0.1) is 0 Å². The highest BCUT2D eigenvalue weighted by Gasteiger charge is 2.20. The lowest BCUT2D eigenvalue weighted by Crippen LogP contribution is -2.37. The van der Waals surface area contributed by atoms with E-state index < -0.39 is 5.97 Å². The molecule has 0 saturated heterocycles. The quantitative estimate of drug-likeness (QED) is 0.552. The van der Waals surface area contributed by atoms with Gasteiger partial charge in [0.25, 0.3) is 5.91 Å². The molecule has 2 aromatic rings. The molecule has 3 rings (SSSR count). The van der Waals surface area contributed by atoms with Crippen LogP contribution in [-0.4, -0.2) is 31.1 Å². The molecule has 0 saturated carbocycles. The van der Waals surface area contributed by atoms with Crippen molar-refractivity contribution >= 4 is 22.8 Å². The highest BCUT2D eigenvalue weighted by Crippen LogP contribution is 2.29. The minimum Gasteiger partial charge on any atom is -0.482 e. The van der Waals surface area contributed by atoms with E-state index >= 15 is 0 Å². The number of amides is 1. The highest BCUT2D eigenvalue weighted by atomic mass is 16.6. The van der Waals surface area contributed by atoms with Gasteiger partial charge in [0, 0.05) is 23.1 Å². The van der Waals surface area contributed by atoms with Crippen molar-refractivity contribution in [3.8, 4) is 5.75 Å². The van der Waals surface area contributed by atoms with Crippen LogP contribution in [0, 0.1) is 0 Å². The molecule has 0 bridgehead atoms. The average Bonchev–Trinajstić information content (AvgIpc) is 3.19. The summed E-state index contributed by atoms with van der Waals surface area (Å²) in [5, 5.41) is 3.70. The molecule has 0 unspecified atom stereocenters. The largest absolute Gasteiger partial charge is 0.482 e. The third kappa shape index (κ3) is 4.52. The number of esters is 1. The van der Waals surface area contributed by atoms with Crippen LogP contribution in [0.4, 0.5) is 0 Å². The summed E-state index contributed by atoms with van der Waals surface area (Å²) < 4.78 is 15.7. The van der Waals surface area contributed by atoms with Crippen molar-refractivity contribution < 1.29 is 23.5 Å². The van der Waals surface area contributed by atoms with E-state index in [9.17, 15) is 14.4 Å². The smallest absolute Gasteiger partial charge is 0.344 e. The lowest BCUT2D eigenvalue weighted by atomic mass is 10.1. The second-order valence-corrected chi connectivity index (χ2v) is 6.89. The average molecular weight is 387 g/mol. The number of nitrogens with one attached hydrogen (secondary N) is 1. The Bertz CT molecular complexity index is 928. The molecule has 1 N–H and O–H groups in total. The first kappa shape index (κ1) is 19.9. The molecule has 1 aromatic carbocycles. The number of aryl methyl sites for hydroxylation is 1. The Kier molecular flexibility index (Phi) is 6.34. The molecule has 0 spiro atoms. The van der Waals surface area contributed by atoms with E-state index in [4.69, 9.17) is 13.9 Å². The SMILES string of the molecule is CCC(CC)NC(=O)COC(=O)COc1ccc2c3c(c(=O)oc2c1)CCC3. The summed E-state index contributed by atoms with van der Waals surface area (Å²) >= 11 is 0. The van der Waals surface area contributed by atoms with Crippen LogP contribution in [0.5, 0.6) is 5.75 Å². The van der Waals surface area contributed by atoms with Crippen molar-refractivity contribution in [1.29, 1.82) is 0 Å². The van der Waals surface area contributed by atoms with Crippen LogP contribution in [0.25, 0.3) is 11.0 Å². The Balaban J connectivity index is 1.55. The van der Waals surface area contributed by atoms with E-state index in [2.05, 4.69) is 5.32 Å². The molecule has 150 valence electrons. The Labute approximate surface area is 163 Å². The van der Waals surface area contributed by atoms with Crippen molar-refractivity contribution in [3.05, 3.63) is 39.7 Å². The number of benzene rings is 1. The van der Waals surface area contributed by atoms with Crippen LogP contribution in [0.2, 0.25) is 0 Å². The monoisotopic (exact) mass is 387 g/mol. The van der Waals surface area contributed by atoms with Gasteiger partial charge in [0.15, 0.2) is 13.2 Å². The normalized spacial score (nSPS) is 12.8. The van der Waals surface area contributed by atoms with Crippen molar-refractivity contribution in [1.82, 2.24) is 5.32 Å². The summed E-state index contributed by atoms with van der Waals surface area (Å²) in [4.78, 5) is 35.6. The van der Waals surface area contributed by atoms with Gasteiger partial charge < -0.3 is 19.2 Å². The molecule has 7 heteroatoms. The summed E-state index contributed by atoms with van der Waals surface area (Å²) in [7, 11) is 0. The zero-order valence-corrected chi connectivity index (χ0v) is 16.2. The molecule has 0 radical (unpaired) electrons. The number of fused-ring (bicyclic) bond motifs is 3. The molecular formula is C21H25NO6. The predicted octanol–water partition coefficient (Wildman–Crippen LogP) is 2.51. The van der Waals surface area contributed by atoms with Gasteiger partial charge in [-0.1, -0.05) is 13.8 Å².